The quantitative estimate of drug-likeness (QED) is 0.700. The molecule has 0 saturated carbocycles. The van der Waals surface area contributed by atoms with Gasteiger partial charge in [-0.05, 0) is 18.2 Å². The van der Waals surface area contributed by atoms with E-state index in [4.69, 9.17) is 11.6 Å². The Hall–Kier alpha value is -0.930. The zero-order chi connectivity index (χ0) is 13.3. The van der Waals surface area contributed by atoms with Crippen molar-refractivity contribution >= 4 is 27.5 Å². The molecule has 1 aromatic carbocycles. The van der Waals surface area contributed by atoms with Gasteiger partial charge in [-0.1, -0.05) is 60.4 Å². The summed E-state index contributed by atoms with van der Waals surface area (Å²) in [4.78, 5) is 8.88. The van der Waals surface area contributed by atoms with Crippen LogP contribution < -0.4 is 0 Å². The highest BCUT2D eigenvalue weighted by Crippen LogP contribution is 2.26. The van der Waals surface area contributed by atoms with E-state index >= 15 is 0 Å². The average Bonchev–Trinajstić information content (AvgIpc) is 2.28. The fourth-order valence-electron chi connectivity index (χ4n) is 1.53. The molecule has 1 aromatic heterocycles. The summed E-state index contributed by atoms with van der Waals surface area (Å²) in [7, 11) is 0. The minimum absolute atomic E-state index is 0.0449. The van der Waals surface area contributed by atoms with Crippen LogP contribution in [0.25, 0.3) is 11.4 Å². The Labute approximate surface area is 121 Å². The summed E-state index contributed by atoms with van der Waals surface area (Å²) < 4.78 is 1.03. The van der Waals surface area contributed by atoms with Gasteiger partial charge in [-0.2, -0.15) is 0 Å². The predicted molar refractivity (Wildman–Crippen MR) is 78.9 cm³/mol. The normalized spacial score (nSPS) is 11.6. The van der Waals surface area contributed by atoms with Gasteiger partial charge in [-0.25, -0.2) is 9.97 Å². The standard InChI is InChI=1S/C14H14BrClN2/c1-14(2,3)11-8-12(16)18-13(17-11)9-4-6-10(15)7-5-9/h4-8H,1-3H3. The van der Waals surface area contributed by atoms with Crippen LogP contribution in [0.2, 0.25) is 5.15 Å². The molecule has 0 saturated heterocycles. The fraction of sp³-hybridized carbons (Fsp3) is 0.286. The van der Waals surface area contributed by atoms with Crippen molar-refractivity contribution in [3.05, 3.63) is 45.7 Å². The van der Waals surface area contributed by atoms with E-state index in [0.29, 0.717) is 11.0 Å². The maximum atomic E-state index is 6.08. The third kappa shape index (κ3) is 3.09. The number of benzene rings is 1. The first-order valence-electron chi connectivity index (χ1n) is 5.67. The Balaban J connectivity index is 2.52. The van der Waals surface area contributed by atoms with Crippen LogP contribution in [0.3, 0.4) is 0 Å². The van der Waals surface area contributed by atoms with E-state index in [0.717, 1.165) is 15.7 Å². The molecule has 0 unspecified atom stereocenters. The van der Waals surface area contributed by atoms with Crippen molar-refractivity contribution in [2.75, 3.05) is 0 Å². The van der Waals surface area contributed by atoms with E-state index in [1.807, 2.05) is 30.3 Å². The van der Waals surface area contributed by atoms with Gasteiger partial charge in [0.05, 0.1) is 5.69 Å². The second-order valence-electron chi connectivity index (χ2n) is 5.16. The van der Waals surface area contributed by atoms with Crippen molar-refractivity contribution in [2.24, 2.45) is 0 Å². The summed E-state index contributed by atoms with van der Waals surface area (Å²) >= 11 is 9.49. The molecule has 0 aliphatic rings. The van der Waals surface area contributed by atoms with Gasteiger partial charge in [0, 0.05) is 15.5 Å². The third-order valence-corrected chi connectivity index (χ3v) is 3.29. The van der Waals surface area contributed by atoms with E-state index in [-0.39, 0.29) is 5.41 Å². The summed E-state index contributed by atoms with van der Waals surface area (Å²) in [5.41, 5.74) is 1.86. The minimum Gasteiger partial charge on any atom is -0.232 e. The Morgan fingerprint density at radius 2 is 1.67 bits per heavy atom. The lowest BCUT2D eigenvalue weighted by Crippen LogP contribution is -2.14. The lowest BCUT2D eigenvalue weighted by molar-refractivity contribution is 0.568. The molecular weight excluding hydrogens is 312 g/mol. The smallest absolute Gasteiger partial charge is 0.161 e. The lowest BCUT2D eigenvalue weighted by atomic mass is 9.92. The van der Waals surface area contributed by atoms with Crippen LogP contribution >= 0.6 is 27.5 Å². The molecule has 0 N–H and O–H groups in total. The highest BCUT2D eigenvalue weighted by atomic mass is 79.9. The Morgan fingerprint density at radius 3 is 2.22 bits per heavy atom. The van der Waals surface area contributed by atoms with E-state index in [1.54, 1.807) is 0 Å². The molecule has 0 amide bonds. The second-order valence-corrected chi connectivity index (χ2v) is 6.46. The number of hydrogen-bond acceptors (Lipinski definition) is 2. The number of hydrogen-bond donors (Lipinski definition) is 0. The Kier molecular flexibility index (Phi) is 3.74. The van der Waals surface area contributed by atoms with Crippen LogP contribution in [0.5, 0.6) is 0 Å². The Bertz CT molecular complexity index is 559. The number of rotatable bonds is 1. The number of nitrogens with zero attached hydrogens (tertiary/aromatic N) is 2. The van der Waals surface area contributed by atoms with Gasteiger partial charge >= 0.3 is 0 Å². The van der Waals surface area contributed by atoms with E-state index in [9.17, 15) is 0 Å². The largest absolute Gasteiger partial charge is 0.232 e. The highest BCUT2D eigenvalue weighted by molar-refractivity contribution is 9.10. The van der Waals surface area contributed by atoms with Gasteiger partial charge in [0.15, 0.2) is 5.82 Å². The SMILES string of the molecule is CC(C)(C)c1cc(Cl)nc(-c2ccc(Br)cc2)n1. The molecule has 4 heteroatoms. The molecule has 2 nitrogen and oxygen atoms in total. The van der Waals surface area contributed by atoms with Crippen molar-refractivity contribution in [1.82, 2.24) is 9.97 Å². The first-order chi connectivity index (χ1) is 8.36. The lowest BCUT2D eigenvalue weighted by Gasteiger charge is -2.18. The van der Waals surface area contributed by atoms with Crippen LogP contribution in [0.4, 0.5) is 0 Å². The molecule has 0 spiro atoms. The van der Waals surface area contributed by atoms with Crippen molar-refractivity contribution in [1.29, 1.82) is 0 Å². The minimum atomic E-state index is -0.0449. The van der Waals surface area contributed by atoms with Gasteiger partial charge in [0.1, 0.15) is 5.15 Å². The molecule has 0 aliphatic heterocycles. The Morgan fingerprint density at radius 1 is 1.06 bits per heavy atom. The van der Waals surface area contributed by atoms with Crippen molar-refractivity contribution in [3.63, 3.8) is 0 Å². The maximum absolute atomic E-state index is 6.08. The number of aromatic nitrogens is 2. The summed E-state index contributed by atoms with van der Waals surface area (Å²) in [6.45, 7) is 6.32. The molecule has 0 fully saturated rings. The molecule has 94 valence electrons. The molecule has 1 heterocycles. The van der Waals surface area contributed by atoms with E-state index < -0.39 is 0 Å². The van der Waals surface area contributed by atoms with Gasteiger partial charge < -0.3 is 0 Å². The van der Waals surface area contributed by atoms with Gasteiger partial charge in [-0.3, -0.25) is 0 Å². The van der Waals surface area contributed by atoms with Crippen LogP contribution in [0, 0.1) is 0 Å². The van der Waals surface area contributed by atoms with Crippen LogP contribution in [-0.2, 0) is 5.41 Å². The third-order valence-electron chi connectivity index (χ3n) is 2.57. The van der Waals surface area contributed by atoms with Crippen LogP contribution in [0.15, 0.2) is 34.8 Å². The average molecular weight is 326 g/mol. The predicted octanol–water partition coefficient (Wildman–Crippen LogP) is 4.86. The second kappa shape index (κ2) is 4.98. The highest BCUT2D eigenvalue weighted by Gasteiger charge is 2.18. The van der Waals surface area contributed by atoms with Crippen molar-refractivity contribution in [2.45, 2.75) is 26.2 Å². The summed E-state index contributed by atoms with van der Waals surface area (Å²) in [6.07, 6.45) is 0. The topological polar surface area (TPSA) is 25.8 Å². The van der Waals surface area contributed by atoms with Gasteiger partial charge in [0.2, 0.25) is 0 Å². The van der Waals surface area contributed by atoms with Gasteiger partial charge in [-0.15, -0.1) is 0 Å². The molecule has 2 rings (SSSR count). The summed E-state index contributed by atoms with van der Waals surface area (Å²) in [6, 6.07) is 9.71. The first kappa shape index (κ1) is 13.5. The summed E-state index contributed by atoms with van der Waals surface area (Å²) in [5, 5.41) is 0.479. The van der Waals surface area contributed by atoms with Crippen LogP contribution in [-0.4, -0.2) is 9.97 Å². The van der Waals surface area contributed by atoms with Crippen molar-refractivity contribution in [3.8, 4) is 11.4 Å². The molecule has 2 aromatic rings. The van der Waals surface area contributed by atoms with Crippen LogP contribution in [0.1, 0.15) is 26.5 Å². The summed E-state index contributed by atoms with van der Waals surface area (Å²) in [5.74, 6) is 0.667. The van der Waals surface area contributed by atoms with Gasteiger partial charge in [0.25, 0.3) is 0 Å². The molecule has 0 aliphatic carbocycles. The maximum Gasteiger partial charge on any atom is 0.161 e. The zero-order valence-electron chi connectivity index (χ0n) is 10.5. The number of halogens is 2. The molecule has 0 radical (unpaired) electrons. The molecule has 0 atom stereocenters. The molecular formula is C14H14BrClN2. The zero-order valence-corrected chi connectivity index (χ0v) is 12.9. The van der Waals surface area contributed by atoms with E-state index in [1.165, 1.54) is 0 Å². The van der Waals surface area contributed by atoms with E-state index in [2.05, 4.69) is 46.7 Å². The first-order valence-corrected chi connectivity index (χ1v) is 6.84. The molecule has 18 heavy (non-hydrogen) atoms. The fourth-order valence-corrected chi connectivity index (χ4v) is 1.98. The molecule has 0 bridgehead atoms. The monoisotopic (exact) mass is 324 g/mol. The van der Waals surface area contributed by atoms with Crippen molar-refractivity contribution < 1.29 is 0 Å².